The molecule has 1 aromatic carbocycles. The SMILES string of the molecule is Cc1cc(C(=O)COC(=O)C=Cc2ccco2)c(C)n1Cc1ccc2c(c1)OCO2. The first-order valence-corrected chi connectivity index (χ1v) is 9.48. The Morgan fingerprint density at radius 3 is 2.77 bits per heavy atom. The highest BCUT2D eigenvalue weighted by molar-refractivity contribution is 6.00. The summed E-state index contributed by atoms with van der Waals surface area (Å²) in [5.41, 5.74) is 3.33. The number of esters is 1. The first kappa shape index (κ1) is 19.6. The summed E-state index contributed by atoms with van der Waals surface area (Å²) in [6.07, 6.45) is 4.23. The Hall–Kier alpha value is -3.74. The lowest BCUT2D eigenvalue weighted by Gasteiger charge is -2.10. The summed E-state index contributed by atoms with van der Waals surface area (Å²) in [7, 11) is 0. The molecule has 0 amide bonds. The number of furan rings is 1. The van der Waals surface area contributed by atoms with E-state index < -0.39 is 5.97 Å². The Bertz CT molecular complexity index is 1110. The summed E-state index contributed by atoms with van der Waals surface area (Å²) in [4.78, 5) is 24.4. The number of carbonyl (C=O) groups is 2. The van der Waals surface area contributed by atoms with Crippen LogP contribution in [0, 0.1) is 13.8 Å². The molecule has 7 heteroatoms. The molecule has 0 atom stereocenters. The number of ketones is 1. The van der Waals surface area contributed by atoms with Crippen LogP contribution in [0.3, 0.4) is 0 Å². The quantitative estimate of drug-likeness (QED) is 0.336. The molecule has 30 heavy (non-hydrogen) atoms. The minimum absolute atomic E-state index is 0.231. The van der Waals surface area contributed by atoms with Gasteiger partial charge in [-0.3, -0.25) is 4.79 Å². The number of hydrogen-bond donors (Lipinski definition) is 0. The lowest BCUT2D eigenvalue weighted by atomic mass is 10.1. The van der Waals surface area contributed by atoms with Gasteiger partial charge < -0.3 is 23.2 Å². The fraction of sp³-hybridized carbons (Fsp3) is 0.217. The second-order valence-corrected chi connectivity index (χ2v) is 6.94. The van der Waals surface area contributed by atoms with Crippen molar-refractivity contribution in [2.45, 2.75) is 20.4 Å². The summed E-state index contributed by atoms with van der Waals surface area (Å²) in [6.45, 7) is 4.32. The van der Waals surface area contributed by atoms with E-state index in [0.717, 1.165) is 28.5 Å². The zero-order valence-corrected chi connectivity index (χ0v) is 16.7. The molecule has 1 aliphatic rings. The average Bonchev–Trinajstić information content (AvgIpc) is 3.47. The minimum atomic E-state index is -0.603. The molecule has 0 unspecified atom stereocenters. The monoisotopic (exact) mass is 407 g/mol. The number of aromatic nitrogens is 1. The van der Waals surface area contributed by atoms with Crippen LogP contribution in [0.1, 0.15) is 33.1 Å². The largest absolute Gasteiger partial charge is 0.465 e. The predicted molar refractivity (Wildman–Crippen MR) is 109 cm³/mol. The Balaban J connectivity index is 1.41. The van der Waals surface area contributed by atoms with E-state index in [1.807, 2.05) is 42.7 Å². The van der Waals surface area contributed by atoms with Gasteiger partial charge in [0.2, 0.25) is 12.6 Å². The molecule has 154 valence electrons. The van der Waals surface area contributed by atoms with Gasteiger partial charge in [-0.05, 0) is 55.8 Å². The van der Waals surface area contributed by atoms with E-state index in [1.165, 1.54) is 18.4 Å². The standard InChI is InChI=1S/C23H21NO6/c1-15-10-19(20(25)13-28-23(26)8-6-18-4-3-9-27-18)16(2)24(15)12-17-5-7-21-22(11-17)30-14-29-21/h3-11H,12-14H2,1-2H3. The fourth-order valence-corrected chi connectivity index (χ4v) is 3.35. The molecule has 3 heterocycles. The normalized spacial score (nSPS) is 12.5. The summed E-state index contributed by atoms with van der Waals surface area (Å²) in [5, 5.41) is 0. The van der Waals surface area contributed by atoms with Crippen molar-refractivity contribution in [1.29, 1.82) is 0 Å². The molecular weight excluding hydrogens is 386 g/mol. The molecular formula is C23H21NO6. The lowest BCUT2D eigenvalue weighted by molar-refractivity contribution is -0.136. The fourth-order valence-electron chi connectivity index (χ4n) is 3.35. The number of carbonyl (C=O) groups excluding carboxylic acids is 2. The maximum absolute atomic E-state index is 12.6. The van der Waals surface area contributed by atoms with Crippen LogP contribution in [0.2, 0.25) is 0 Å². The van der Waals surface area contributed by atoms with Crippen molar-refractivity contribution < 1.29 is 28.2 Å². The molecule has 0 aliphatic carbocycles. The van der Waals surface area contributed by atoms with Gasteiger partial charge >= 0.3 is 5.97 Å². The molecule has 3 aromatic rings. The van der Waals surface area contributed by atoms with Crippen LogP contribution < -0.4 is 9.47 Å². The van der Waals surface area contributed by atoms with Crippen LogP contribution in [0.15, 0.2) is 53.2 Å². The summed E-state index contributed by atoms with van der Waals surface area (Å²) >= 11 is 0. The first-order chi connectivity index (χ1) is 14.5. The van der Waals surface area contributed by atoms with Crippen molar-refractivity contribution in [2.24, 2.45) is 0 Å². The Labute approximate surface area is 173 Å². The number of aryl methyl sites for hydroxylation is 1. The van der Waals surface area contributed by atoms with E-state index in [2.05, 4.69) is 0 Å². The predicted octanol–water partition coefficient (Wildman–Crippen LogP) is 3.91. The highest BCUT2D eigenvalue weighted by Crippen LogP contribution is 2.33. The number of fused-ring (bicyclic) bond motifs is 1. The molecule has 0 N–H and O–H groups in total. The van der Waals surface area contributed by atoms with Crippen LogP contribution in [0.4, 0.5) is 0 Å². The maximum atomic E-state index is 12.6. The average molecular weight is 407 g/mol. The topological polar surface area (TPSA) is 79.9 Å². The lowest BCUT2D eigenvalue weighted by Crippen LogP contribution is -2.13. The second-order valence-electron chi connectivity index (χ2n) is 6.94. The molecule has 0 saturated heterocycles. The first-order valence-electron chi connectivity index (χ1n) is 9.48. The van der Waals surface area contributed by atoms with Gasteiger partial charge in [-0.25, -0.2) is 4.79 Å². The van der Waals surface area contributed by atoms with E-state index in [4.69, 9.17) is 18.6 Å². The summed E-state index contributed by atoms with van der Waals surface area (Å²) in [5.74, 6) is 1.14. The zero-order valence-electron chi connectivity index (χ0n) is 16.7. The van der Waals surface area contributed by atoms with E-state index in [0.29, 0.717) is 17.9 Å². The molecule has 2 aromatic heterocycles. The molecule has 0 radical (unpaired) electrons. The van der Waals surface area contributed by atoms with E-state index in [-0.39, 0.29) is 19.2 Å². The van der Waals surface area contributed by atoms with Crippen LogP contribution in [-0.4, -0.2) is 29.7 Å². The van der Waals surface area contributed by atoms with Gasteiger partial charge in [-0.1, -0.05) is 6.07 Å². The van der Waals surface area contributed by atoms with Crippen molar-refractivity contribution >= 4 is 17.8 Å². The molecule has 4 rings (SSSR count). The van der Waals surface area contributed by atoms with Gasteiger partial charge in [0.05, 0.1) is 6.26 Å². The van der Waals surface area contributed by atoms with E-state index in [1.54, 1.807) is 12.1 Å². The highest BCUT2D eigenvalue weighted by Gasteiger charge is 2.18. The minimum Gasteiger partial charge on any atom is -0.465 e. The summed E-state index contributed by atoms with van der Waals surface area (Å²) in [6, 6.07) is 11.0. The third kappa shape index (κ3) is 4.15. The smallest absolute Gasteiger partial charge is 0.331 e. The van der Waals surface area contributed by atoms with Gasteiger partial charge in [0.25, 0.3) is 0 Å². The number of rotatable bonds is 7. The molecule has 1 aliphatic heterocycles. The Kier molecular flexibility index (Phi) is 5.43. The number of hydrogen-bond acceptors (Lipinski definition) is 6. The van der Waals surface area contributed by atoms with Crippen LogP contribution >= 0.6 is 0 Å². The van der Waals surface area contributed by atoms with Gasteiger partial charge in [-0.15, -0.1) is 0 Å². The number of nitrogens with zero attached hydrogens (tertiary/aromatic N) is 1. The van der Waals surface area contributed by atoms with Gasteiger partial charge in [-0.2, -0.15) is 0 Å². The van der Waals surface area contributed by atoms with Crippen molar-refractivity contribution in [3.63, 3.8) is 0 Å². The van der Waals surface area contributed by atoms with Crippen molar-refractivity contribution in [3.05, 3.63) is 77.0 Å². The Morgan fingerprint density at radius 1 is 1.13 bits per heavy atom. The van der Waals surface area contributed by atoms with Crippen LogP contribution in [0.25, 0.3) is 6.08 Å². The van der Waals surface area contributed by atoms with Crippen molar-refractivity contribution in [1.82, 2.24) is 4.57 Å². The molecule has 0 spiro atoms. The third-order valence-electron chi connectivity index (χ3n) is 4.92. The van der Waals surface area contributed by atoms with Crippen LogP contribution in [-0.2, 0) is 16.1 Å². The maximum Gasteiger partial charge on any atom is 0.331 e. The third-order valence-corrected chi connectivity index (χ3v) is 4.92. The number of benzene rings is 1. The molecule has 0 fully saturated rings. The Morgan fingerprint density at radius 2 is 1.97 bits per heavy atom. The van der Waals surface area contributed by atoms with Gasteiger partial charge in [0.15, 0.2) is 18.1 Å². The van der Waals surface area contributed by atoms with Gasteiger partial charge in [0.1, 0.15) is 5.76 Å². The number of ether oxygens (including phenoxy) is 3. The van der Waals surface area contributed by atoms with Gasteiger partial charge in [0, 0.05) is 29.6 Å². The number of Topliss-reactive ketones (excluding diaryl/α,β-unsaturated/α-hetero) is 1. The molecule has 0 bridgehead atoms. The second kappa shape index (κ2) is 8.32. The van der Waals surface area contributed by atoms with Crippen molar-refractivity contribution in [2.75, 3.05) is 13.4 Å². The van der Waals surface area contributed by atoms with E-state index >= 15 is 0 Å². The molecule has 0 saturated carbocycles. The zero-order chi connectivity index (χ0) is 21.1. The molecule has 7 nitrogen and oxygen atoms in total. The highest BCUT2D eigenvalue weighted by atomic mass is 16.7. The van der Waals surface area contributed by atoms with Crippen molar-refractivity contribution in [3.8, 4) is 11.5 Å². The van der Waals surface area contributed by atoms with E-state index in [9.17, 15) is 9.59 Å². The summed E-state index contributed by atoms with van der Waals surface area (Å²) < 4.78 is 23.0. The van der Waals surface area contributed by atoms with Crippen LogP contribution in [0.5, 0.6) is 11.5 Å².